The second-order valence-electron chi connectivity index (χ2n) is 4.82. The zero-order valence-corrected chi connectivity index (χ0v) is 15.0. The molecule has 0 heterocycles. The third-order valence-corrected chi connectivity index (χ3v) is 4.09. The first-order valence-electron chi connectivity index (χ1n) is 6.84. The second-order valence-corrected chi connectivity index (χ2v) is 6.11. The first-order chi connectivity index (χ1) is 10.4. The van der Waals surface area contributed by atoms with E-state index in [4.69, 9.17) is 21.1 Å². The molecule has 1 rings (SSSR count). The lowest BCUT2D eigenvalue weighted by atomic mass is 9.99. The monoisotopic (exact) mass is 391 g/mol. The van der Waals surface area contributed by atoms with Gasteiger partial charge in [0.2, 0.25) is 0 Å². The molecule has 122 valence electrons. The van der Waals surface area contributed by atoms with E-state index in [9.17, 15) is 9.59 Å². The van der Waals surface area contributed by atoms with E-state index < -0.39 is 17.9 Å². The average molecular weight is 393 g/mol. The van der Waals surface area contributed by atoms with Crippen LogP contribution in [0.2, 0.25) is 5.02 Å². The van der Waals surface area contributed by atoms with Crippen LogP contribution in [0.1, 0.15) is 20.3 Å². The Morgan fingerprint density at radius 1 is 1.41 bits per heavy atom. The topological polar surface area (TPSA) is 64.6 Å². The largest absolute Gasteiger partial charge is 0.483 e. The molecular formula is C15H19BrClNO4. The Morgan fingerprint density at radius 3 is 2.64 bits per heavy atom. The normalized spacial score (nSPS) is 13.1. The van der Waals surface area contributed by atoms with Crippen molar-refractivity contribution in [3.63, 3.8) is 0 Å². The zero-order chi connectivity index (χ0) is 16.7. The molecule has 5 nitrogen and oxygen atoms in total. The summed E-state index contributed by atoms with van der Waals surface area (Å²) in [5, 5.41) is 3.20. The summed E-state index contributed by atoms with van der Waals surface area (Å²) in [5.41, 5.74) is 0. The van der Waals surface area contributed by atoms with Crippen LogP contribution in [0.4, 0.5) is 0 Å². The summed E-state index contributed by atoms with van der Waals surface area (Å²) >= 11 is 9.14. The fraction of sp³-hybridized carbons (Fsp3) is 0.467. The van der Waals surface area contributed by atoms with E-state index in [0.717, 1.165) is 6.42 Å². The van der Waals surface area contributed by atoms with E-state index in [1.807, 2.05) is 13.8 Å². The van der Waals surface area contributed by atoms with Gasteiger partial charge in [0.05, 0.1) is 11.6 Å². The molecule has 0 spiro atoms. The maximum absolute atomic E-state index is 12.0. The Bertz CT molecular complexity index is 538. The van der Waals surface area contributed by atoms with Gasteiger partial charge in [0.1, 0.15) is 11.8 Å². The van der Waals surface area contributed by atoms with Crippen LogP contribution in [0.5, 0.6) is 5.75 Å². The highest BCUT2D eigenvalue weighted by Gasteiger charge is 2.26. The van der Waals surface area contributed by atoms with Crippen LogP contribution >= 0.6 is 27.5 Å². The highest BCUT2D eigenvalue weighted by atomic mass is 79.9. The molecule has 0 radical (unpaired) electrons. The Labute approximate surface area is 143 Å². The number of hydrogen-bond acceptors (Lipinski definition) is 4. The van der Waals surface area contributed by atoms with Gasteiger partial charge in [-0.15, -0.1) is 0 Å². The van der Waals surface area contributed by atoms with Crippen LogP contribution in [-0.4, -0.2) is 31.6 Å². The average Bonchev–Trinajstić information content (AvgIpc) is 2.50. The minimum atomic E-state index is -0.681. The van der Waals surface area contributed by atoms with E-state index in [0.29, 0.717) is 15.2 Å². The molecule has 1 amide bonds. The molecule has 1 N–H and O–H groups in total. The van der Waals surface area contributed by atoms with Gasteiger partial charge in [-0.3, -0.25) is 4.79 Å². The number of carbonyl (C=O) groups is 2. The van der Waals surface area contributed by atoms with E-state index in [2.05, 4.69) is 21.2 Å². The number of ether oxygens (including phenoxy) is 2. The molecule has 7 heteroatoms. The number of esters is 1. The molecule has 0 unspecified atom stereocenters. The van der Waals surface area contributed by atoms with Crippen molar-refractivity contribution < 1.29 is 19.1 Å². The van der Waals surface area contributed by atoms with Crippen LogP contribution < -0.4 is 10.1 Å². The number of carbonyl (C=O) groups excluding carboxylic acids is 2. The summed E-state index contributed by atoms with van der Waals surface area (Å²) in [6.45, 7) is 3.61. The lowest BCUT2D eigenvalue weighted by Gasteiger charge is -2.21. The van der Waals surface area contributed by atoms with Crippen LogP contribution in [0.15, 0.2) is 22.7 Å². The first-order valence-corrected chi connectivity index (χ1v) is 8.01. The van der Waals surface area contributed by atoms with Crippen molar-refractivity contribution >= 4 is 39.4 Å². The van der Waals surface area contributed by atoms with Crippen molar-refractivity contribution in [2.45, 2.75) is 26.3 Å². The minimum Gasteiger partial charge on any atom is -0.483 e. The summed E-state index contributed by atoms with van der Waals surface area (Å²) in [4.78, 5) is 23.7. The van der Waals surface area contributed by atoms with E-state index in [1.165, 1.54) is 7.11 Å². The fourth-order valence-electron chi connectivity index (χ4n) is 1.75. The highest BCUT2D eigenvalue weighted by Crippen LogP contribution is 2.27. The van der Waals surface area contributed by atoms with Gasteiger partial charge >= 0.3 is 5.97 Å². The summed E-state index contributed by atoms with van der Waals surface area (Å²) in [6, 6.07) is 4.31. The molecule has 0 fully saturated rings. The van der Waals surface area contributed by atoms with Crippen molar-refractivity contribution in [3.05, 3.63) is 27.7 Å². The van der Waals surface area contributed by atoms with Crippen LogP contribution in [0, 0.1) is 5.92 Å². The predicted octanol–water partition coefficient (Wildman–Crippen LogP) is 3.19. The highest BCUT2D eigenvalue weighted by molar-refractivity contribution is 9.10. The molecule has 22 heavy (non-hydrogen) atoms. The first kappa shape index (κ1) is 18.8. The van der Waals surface area contributed by atoms with E-state index in [1.54, 1.807) is 18.2 Å². The van der Waals surface area contributed by atoms with E-state index in [-0.39, 0.29) is 12.5 Å². The molecule has 1 aromatic rings. The molecule has 2 atom stereocenters. The van der Waals surface area contributed by atoms with E-state index >= 15 is 0 Å². The Morgan fingerprint density at radius 2 is 2.09 bits per heavy atom. The zero-order valence-electron chi connectivity index (χ0n) is 12.7. The number of benzene rings is 1. The van der Waals surface area contributed by atoms with Crippen LogP contribution in [0.25, 0.3) is 0 Å². The van der Waals surface area contributed by atoms with Crippen molar-refractivity contribution in [3.8, 4) is 5.75 Å². The second kappa shape index (κ2) is 9.00. The summed E-state index contributed by atoms with van der Waals surface area (Å²) in [7, 11) is 1.30. The molecule has 0 aliphatic rings. The van der Waals surface area contributed by atoms with Crippen LogP contribution in [-0.2, 0) is 14.3 Å². The smallest absolute Gasteiger partial charge is 0.328 e. The van der Waals surface area contributed by atoms with Crippen LogP contribution in [0.3, 0.4) is 0 Å². The minimum absolute atomic E-state index is 0.0290. The third kappa shape index (κ3) is 5.50. The van der Waals surface area contributed by atoms with Gasteiger partial charge in [-0.05, 0) is 40.0 Å². The molecule has 0 bridgehead atoms. The molecule has 0 aliphatic carbocycles. The number of hydrogen-bond donors (Lipinski definition) is 1. The van der Waals surface area contributed by atoms with Gasteiger partial charge in [-0.25, -0.2) is 4.79 Å². The Balaban J connectivity index is 2.62. The predicted molar refractivity (Wildman–Crippen MR) is 88.0 cm³/mol. The van der Waals surface area contributed by atoms with Gasteiger partial charge in [0.25, 0.3) is 5.91 Å². The SMILES string of the molecule is CC[C@@H](C)[C@H](NC(=O)COc1ccc(Cl)cc1Br)C(=O)OC. The maximum atomic E-state index is 12.0. The standard InChI is InChI=1S/C15H19BrClNO4/c1-4-9(2)14(15(20)21-3)18-13(19)8-22-12-6-5-10(17)7-11(12)16/h5-7,9,14H,4,8H2,1-3H3,(H,18,19)/t9-,14+/m1/s1. The Hall–Kier alpha value is -1.27. The van der Waals surface area contributed by atoms with Crippen molar-refractivity contribution in [2.75, 3.05) is 13.7 Å². The number of rotatable bonds is 7. The summed E-state index contributed by atoms with van der Waals surface area (Å²) in [5.74, 6) is -0.385. The quantitative estimate of drug-likeness (QED) is 0.724. The lowest BCUT2D eigenvalue weighted by molar-refractivity contribution is -0.146. The Kier molecular flexibility index (Phi) is 7.68. The van der Waals surface area contributed by atoms with Gasteiger partial charge in [-0.2, -0.15) is 0 Å². The van der Waals surface area contributed by atoms with Crippen molar-refractivity contribution in [1.29, 1.82) is 0 Å². The fourth-order valence-corrected chi connectivity index (χ4v) is 2.54. The molecule has 0 aromatic heterocycles. The summed E-state index contributed by atoms with van der Waals surface area (Å²) in [6.07, 6.45) is 0.740. The van der Waals surface area contributed by atoms with Gasteiger partial charge < -0.3 is 14.8 Å². The van der Waals surface area contributed by atoms with Crippen molar-refractivity contribution in [2.24, 2.45) is 5.92 Å². The lowest BCUT2D eigenvalue weighted by Crippen LogP contribution is -2.47. The third-order valence-electron chi connectivity index (χ3n) is 3.24. The molecular weight excluding hydrogens is 374 g/mol. The number of halogens is 2. The molecule has 0 saturated heterocycles. The summed E-state index contributed by atoms with van der Waals surface area (Å²) < 4.78 is 10.8. The van der Waals surface area contributed by atoms with Gasteiger partial charge in [0, 0.05) is 5.02 Å². The van der Waals surface area contributed by atoms with Gasteiger partial charge in [0.15, 0.2) is 6.61 Å². The van der Waals surface area contributed by atoms with Gasteiger partial charge in [-0.1, -0.05) is 31.9 Å². The number of amides is 1. The molecule has 0 saturated carbocycles. The number of methoxy groups -OCH3 is 1. The number of nitrogens with one attached hydrogen (secondary N) is 1. The molecule has 0 aliphatic heterocycles. The van der Waals surface area contributed by atoms with Crippen molar-refractivity contribution in [1.82, 2.24) is 5.32 Å². The maximum Gasteiger partial charge on any atom is 0.328 e. The molecule has 1 aromatic carbocycles.